The lowest BCUT2D eigenvalue weighted by atomic mass is 9.92. The largest absolute Gasteiger partial charge is 0.478 e. The van der Waals surface area contributed by atoms with Gasteiger partial charge in [-0.3, -0.25) is 9.59 Å². The van der Waals surface area contributed by atoms with Crippen molar-refractivity contribution in [3.63, 3.8) is 0 Å². The van der Waals surface area contributed by atoms with Gasteiger partial charge in [-0.1, -0.05) is 42.5 Å². The average molecular weight is 254 g/mol. The summed E-state index contributed by atoms with van der Waals surface area (Å²) in [7, 11) is 0. The summed E-state index contributed by atoms with van der Waals surface area (Å²) < 4.78 is 0. The van der Waals surface area contributed by atoms with Gasteiger partial charge in [0, 0.05) is 11.1 Å². The van der Waals surface area contributed by atoms with E-state index in [4.69, 9.17) is 0 Å². The Labute approximate surface area is 109 Å². The van der Waals surface area contributed by atoms with Crippen LogP contribution in [-0.2, 0) is 4.79 Å². The lowest BCUT2D eigenvalue weighted by Crippen LogP contribution is -2.08. The van der Waals surface area contributed by atoms with Crippen LogP contribution in [0.3, 0.4) is 0 Å². The van der Waals surface area contributed by atoms with Crippen LogP contribution in [0.1, 0.15) is 20.7 Å². The second-order valence-electron chi connectivity index (χ2n) is 3.88. The number of hydrogen-bond acceptors (Lipinski definition) is 3. The van der Waals surface area contributed by atoms with Crippen LogP contribution in [0.2, 0.25) is 0 Å². The molecule has 2 aromatic rings. The summed E-state index contributed by atoms with van der Waals surface area (Å²) in [5.74, 6) is -1.87. The average Bonchev–Trinajstić information content (AvgIpc) is 2.46. The summed E-state index contributed by atoms with van der Waals surface area (Å²) in [6.07, 6.45) is 0.188. The number of carboxylic acid groups (broad SMARTS) is 1. The summed E-state index contributed by atoms with van der Waals surface area (Å²) in [6, 6.07) is 13.0. The molecule has 0 atom stereocenters. The van der Waals surface area contributed by atoms with Gasteiger partial charge in [0.25, 0.3) is 0 Å². The molecule has 0 spiro atoms. The fraction of sp³-hybridized carbons (Fsp3) is 0. The lowest BCUT2D eigenvalue weighted by Gasteiger charge is -2.10. The Morgan fingerprint density at radius 1 is 0.895 bits per heavy atom. The van der Waals surface area contributed by atoms with Gasteiger partial charge >= 0.3 is 5.97 Å². The first-order chi connectivity index (χ1) is 9.15. The minimum Gasteiger partial charge on any atom is -0.478 e. The van der Waals surface area contributed by atoms with E-state index in [0.717, 1.165) is 0 Å². The molecule has 4 heteroatoms. The van der Waals surface area contributed by atoms with Crippen molar-refractivity contribution in [2.75, 3.05) is 0 Å². The van der Waals surface area contributed by atoms with Crippen molar-refractivity contribution >= 4 is 18.0 Å². The molecule has 0 fully saturated rings. The maximum atomic E-state index is 11.6. The Bertz CT molecular complexity index is 644. The molecule has 0 bridgehead atoms. The summed E-state index contributed by atoms with van der Waals surface area (Å²) in [5.41, 5.74) is 0.957. The molecule has 0 amide bonds. The number of benzene rings is 2. The minimum absolute atomic E-state index is 0.00102. The number of Topliss-reactive ketones (excluding diaryl/α,β-unsaturated/α-hetero) is 1. The van der Waals surface area contributed by atoms with E-state index >= 15 is 0 Å². The van der Waals surface area contributed by atoms with Gasteiger partial charge in [0.15, 0.2) is 6.29 Å². The third kappa shape index (κ3) is 2.42. The molecule has 0 saturated heterocycles. The van der Waals surface area contributed by atoms with Crippen molar-refractivity contribution in [2.45, 2.75) is 0 Å². The molecule has 0 aromatic heterocycles. The van der Waals surface area contributed by atoms with Crippen LogP contribution in [0, 0.1) is 0 Å². The van der Waals surface area contributed by atoms with Crippen LogP contribution < -0.4 is 0 Å². The first kappa shape index (κ1) is 12.7. The molecule has 0 heterocycles. The minimum atomic E-state index is -1.14. The van der Waals surface area contributed by atoms with E-state index in [1.807, 2.05) is 0 Å². The lowest BCUT2D eigenvalue weighted by molar-refractivity contribution is -0.104. The predicted molar refractivity (Wildman–Crippen MR) is 69.2 cm³/mol. The first-order valence-corrected chi connectivity index (χ1v) is 5.56. The van der Waals surface area contributed by atoms with Crippen molar-refractivity contribution in [1.82, 2.24) is 0 Å². The highest BCUT2D eigenvalue weighted by atomic mass is 16.4. The Kier molecular flexibility index (Phi) is 3.52. The third-order valence-corrected chi connectivity index (χ3v) is 2.73. The van der Waals surface area contributed by atoms with Gasteiger partial charge in [0.05, 0.1) is 5.56 Å². The SMILES string of the molecule is O=CC(=O)c1cccc(C(=O)O)c1-c1ccccc1. The number of hydrogen-bond donors (Lipinski definition) is 1. The molecule has 1 N–H and O–H groups in total. The predicted octanol–water partition coefficient (Wildman–Crippen LogP) is 2.43. The molecule has 2 aromatic carbocycles. The molecule has 4 nitrogen and oxygen atoms in total. The van der Waals surface area contributed by atoms with Crippen LogP contribution >= 0.6 is 0 Å². The van der Waals surface area contributed by atoms with E-state index in [0.29, 0.717) is 5.56 Å². The van der Waals surface area contributed by atoms with Crippen LogP contribution in [0.5, 0.6) is 0 Å². The molecule has 0 unspecified atom stereocenters. The van der Waals surface area contributed by atoms with Gasteiger partial charge in [0.2, 0.25) is 5.78 Å². The van der Waals surface area contributed by atoms with Crippen LogP contribution in [0.15, 0.2) is 48.5 Å². The summed E-state index contributed by atoms with van der Waals surface area (Å²) >= 11 is 0. The van der Waals surface area contributed by atoms with Crippen LogP contribution in [-0.4, -0.2) is 23.1 Å². The summed E-state index contributed by atoms with van der Waals surface area (Å²) in [5, 5.41) is 9.21. The monoisotopic (exact) mass is 254 g/mol. The molecule has 2 rings (SSSR count). The quantitative estimate of drug-likeness (QED) is 0.516. The highest BCUT2D eigenvalue weighted by Crippen LogP contribution is 2.28. The van der Waals surface area contributed by atoms with Gasteiger partial charge < -0.3 is 5.11 Å². The second kappa shape index (κ2) is 5.27. The number of carbonyl (C=O) groups excluding carboxylic acids is 2. The number of aldehydes is 1. The normalized spacial score (nSPS) is 9.89. The summed E-state index contributed by atoms with van der Waals surface area (Å²) in [4.78, 5) is 33.6. The van der Waals surface area contributed by atoms with E-state index in [2.05, 4.69) is 0 Å². The van der Waals surface area contributed by atoms with Crippen LogP contribution in [0.4, 0.5) is 0 Å². The van der Waals surface area contributed by atoms with Crippen molar-refractivity contribution < 1.29 is 19.5 Å². The molecule has 19 heavy (non-hydrogen) atoms. The van der Waals surface area contributed by atoms with Crippen molar-refractivity contribution in [1.29, 1.82) is 0 Å². The van der Waals surface area contributed by atoms with E-state index < -0.39 is 11.8 Å². The molecular weight excluding hydrogens is 244 g/mol. The highest BCUT2D eigenvalue weighted by molar-refractivity contribution is 6.35. The van der Waals surface area contributed by atoms with E-state index in [9.17, 15) is 19.5 Å². The number of ketones is 1. The van der Waals surface area contributed by atoms with Crippen molar-refractivity contribution in [2.24, 2.45) is 0 Å². The number of rotatable bonds is 4. The Balaban J connectivity index is 2.77. The Morgan fingerprint density at radius 3 is 2.11 bits per heavy atom. The smallest absolute Gasteiger partial charge is 0.336 e. The highest BCUT2D eigenvalue weighted by Gasteiger charge is 2.19. The Morgan fingerprint density at radius 2 is 1.53 bits per heavy atom. The molecule has 0 aliphatic carbocycles. The van der Waals surface area contributed by atoms with Gasteiger partial charge in [-0.2, -0.15) is 0 Å². The first-order valence-electron chi connectivity index (χ1n) is 5.56. The number of carboxylic acids is 1. The van der Waals surface area contributed by atoms with E-state index in [1.165, 1.54) is 18.2 Å². The number of carbonyl (C=O) groups is 3. The van der Waals surface area contributed by atoms with Gasteiger partial charge in [-0.15, -0.1) is 0 Å². The van der Waals surface area contributed by atoms with Gasteiger partial charge in [-0.05, 0) is 11.6 Å². The summed E-state index contributed by atoms with van der Waals surface area (Å²) in [6.45, 7) is 0. The third-order valence-electron chi connectivity index (χ3n) is 2.73. The zero-order valence-corrected chi connectivity index (χ0v) is 9.87. The standard InChI is InChI=1S/C15H10O4/c16-9-13(17)11-7-4-8-12(15(18)19)14(11)10-5-2-1-3-6-10/h1-9H,(H,18,19). The second-order valence-corrected chi connectivity index (χ2v) is 3.88. The molecule has 0 aliphatic heterocycles. The maximum Gasteiger partial charge on any atom is 0.336 e. The van der Waals surface area contributed by atoms with E-state index in [1.54, 1.807) is 30.3 Å². The fourth-order valence-electron chi connectivity index (χ4n) is 1.92. The van der Waals surface area contributed by atoms with Gasteiger partial charge in [0.1, 0.15) is 0 Å². The van der Waals surface area contributed by atoms with Crippen LogP contribution in [0.25, 0.3) is 11.1 Å². The zero-order chi connectivity index (χ0) is 13.8. The molecular formula is C15H10O4. The Hall–Kier alpha value is -2.75. The van der Waals surface area contributed by atoms with Crippen molar-refractivity contribution in [3.05, 3.63) is 59.7 Å². The molecule has 0 radical (unpaired) electrons. The fourth-order valence-corrected chi connectivity index (χ4v) is 1.92. The zero-order valence-electron chi connectivity index (χ0n) is 9.87. The maximum absolute atomic E-state index is 11.6. The van der Waals surface area contributed by atoms with Gasteiger partial charge in [-0.25, -0.2) is 4.79 Å². The topological polar surface area (TPSA) is 71.4 Å². The molecule has 0 saturated carbocycles. The molecule has 0 aliphatic rings. The molecule has 94 valence electrons. The van der Waals surface area contributed by atoms with E-state index in [-0.39, 0.29) is 23.0 Å². The number of aromatic carboxylic acids is 1. The van der Waals surface area contributed by atoms with Crippen molar-refractivity contribution in [3.8, 4) is 11.1 Å².